The Bertz CT molecular complexity index is 1890. The van der Waals surface area contributed by atoms with Gasteiger partial charge in [0.2, 0.25) is 5.91 Å². The van der Waals surface area contributed by atoms with Crippen molar-refractivity contribution < 1.29 is 37.3 Å². The summed E-state index contributed by atoms with van der Waals surface area (Å²) in [5.74, 6) is -0.621. The van der Waals surface area contributed by atoms with Gasteiger partial charge in [-0.05, 0) is 115 Å². The molecule has 0 rings (SSSR count). The third kappa shape index (κ3) is 60.3. The molecule has 3 unspecified atom stereocenters. The number of hydrogen-bond donors (Lipinski definition) is 2. The van der Waals surface area contributed by atoms with Crippen LogP contribution in [0.3, 0.4) is 0 Å². The number of nitrogens with zero attached hydrogens (tertiary/aromatic N) is 1. The predicted octanol–water partition coefficient (Wildman–Crippen LogP) is 20.2. The second kappa shape index (κ2) is 59.1. The van der Waals surface area contributed by atoms with Gasteiger partial charge in [-0.1, -0.05) is 257 Å². The van der Waals surface area contributed by atoms with Gasteiger partial charge in [0.25, 0.3) is 0 Å². The van der Waals surface area contributed by atoms with Gasteiger partial charge in [-0.2, -0.15) is 0 Å². The number of ether oxygens (including phenoxy) is 1. The van der Waals surface area contributed by atoms with Gasteiger partial charge in [0.05, 0.1) is 33.8 Å². The summed E-state index contributed by atoms with van der Waals surface area (Å²) in [5.41, 5.74) is 0. The molecule has 0 heterocycles. The first-order valence-corrected chi connectivity index (χ1v) is 33.7. The Labute approximate surface area is 498 Å². The Morgan fingerprint density at radius 3 is 1.21 bits per heavy atom. The molecule has 10 heteroatoms. The molecule has 0 aliphatic heterocycles. The summed E-state index contributed by atoms with van der Waals surface area (Å²) in [6, 6.07) is -0.893. The zero-order chi connectivity index (χ0) is 59.3. The molecule has 0 aromatic heterocycles. The standard InChI is InChI=1S/C71H119N2O7P/c1-7-10-13-16-19-22-25-27-29-31-33-34-35-36-37-38-40-41-43-45-48-51-54-57-60-63-70(74)72-68(67-79-81(76,77)78-66-65-73(4,5)6)69(62-59-56-53-50-47-24-21-18-15-12-9-3)80-71(75)64-61-58-55-52-49-46-44-42-39-32-30-28-26-23-20-17-14-11-8-2/h10-11,13-14,19-20,22-23,27-30,33-34,36-37,39,42,46,49,55,58-59,62,68-69H,7-9,12,15-18,21,24-26,31-32,35,38,40-41,43-45,47-48,50-54,56-57,60-61,63-67H2,1-6H3,(H-,72,74,76,77)/p+1/b13-10-,14-11-,22-19-,23-20-,29-27-,30-28-,34-33-,37-36-,42-39-,49-46-,58-55-,62-59-. The Morgan fingerprint density at radius 1 is 0.444 bits per heavy atom. The van der Waals surface area contributed by atoms with E-state index in [1.165, 1.54) is 77.0 Å². The van der Waals surface area contributed by atoms with Gasteiger partial charge in [0, 0.05) is 12.8 Å². The number of likely N-dealkylation sites (N-methyl/N-ethyl adjacent to an activating group) is 1. The minimum Gasteiger partial charge on any atom is -0.456 e. The molecule has 1 amide bonds. The molecule has 0 aliphatic carbocycles. The molecule has 2 N–H and O–H groups in total. The number of carbonyl (C=O) groups is 2. The van der Waals surface area contributed by atoms with Gasteiger partial charge in [-0.15, -0.1) is 0 Å². The summed E-state index contributed by atoms with van der Waals surface area (Å²) in [7, 11) is 1.43. The number of phosphoric ester groups is 1. The summed E-state index contributed by atoms with van der Waals surface area (Å²) in [6.45, 7) is 6.71. The number of unbranched alkanes of at least 4 members (excludes halogenated alkanes) is 18. The zero-order valence-corrected chi connectivity index (χ0v) is 53.4. The monoisotopic (exact) mass is 1140 g/mol. The molecule has 0 saturated heterocycles. The van der Waals surface area contributed by atoms with Crippen LogP contribution in [-0.2, 0) is 27.9 Å². The lowest BCUT2D eigenvalue weighted by Gasteiger charge is -2.27. The van der Waals surface area contributed by atoms with Crippen LogP contribution in [0.25, 0.3) is 0 Å². The fourth-order valence-electron chi connectivity index (χ4n) is 8.40. The van der Waals surface area contributed by atoms with E-state index in [1.54, 1.807) is 0 Å². The number of rotatable bonds is 56. The molecular formula is C71H120N2O7P+. The molecule has 0 saturated carbocycles. The van der Waals surface area contributed by atoms with Gasteiger partial charge in [-0.3, -0.25) is 18.6 Å². The van der Waals surface area contributed by atoms with Gasteiger partial charge >= 0.3 is 13.8 Å². The van der Waals surface area contributed by atoms with Crippen molar-refractivity contribution in [1.29, 1.82) is 0 Å². The van der Waals surface area contributed by atoms with E-state index < -0.39 is 25.9 Å². The fourth-order valence-corrected chi connectivity index (χ4v) is 9.14. The van der Waals surface area contributed by atoms with Gasteiger partial charge in [-0.25, -0.2) is 4.57 Å². The highest BCUT2D eigenvalue weighted by Crippen LogP contribution is 2.43. The van der Waals surface area contributed by atoms with Gasteiger partial charge in [0.1, 0.15) is 19.3 Å². The second-order valence-electron chi connectivity index (χ2n) is 22.2. The van der Waals surface area contributed by atoms with Crippen molar-refractivity contribution in [3.63, 3.8) is 0 Å². The van der Waals surface area contributed by atoms with Crippen molar-refractivity contribution in [2.75, 3.05) is 40.9 Å². The molecule has 81 heavy (non-hydrogen) atoms. The van der Waals surface area contributed by atoms with E-state index in [9.17, 15) is 19.0 Å². The van der Waals surface area contributed by atoms with E-state index >= 15 is 0 Å². The predicted molar refractivity (Wildman–Crippen MR) is 350 cm³/mol. The summed E-state index contributed by atoms with van der Waals surface area (Å²) in [6.07, 6.45) is 85.8. The van der Waals surface area contributed by atoms with Crippen molar-refractivity contribution in [3.05, 3.63) is 146 Å². The van der Waals surface area contributed by atoms with Crippen molar-refractivity contribution in [1.82, 2.24) is 5.32 Å². The van der Waals surface area contributed by atoms with Crippen molar-refractivity contribution >= 4 is 19.7 Å². The lowest BCUT2D eigenvalue weighted by Crippen LogP contribution is -2.47. The number of quaternary nitrogens is 1. The smallest absolute Gasteiger partial charge is 0.456 e. The van der Waals surface area contributed by atoms with Crippen LogP contribution in [0.1, 0.15) is 239 Å². The largest absolute Gasteiger partial charge is 0.472 e. The molecular weight excluding hydrogens is 1020 g/mol. The normalized spacial score (nSPS) is 14.6. The van der Waals surface area contributed by atoms with Crippen LogP contribution in [0.2, 0.25) is 0 Å². The van der Waals surface area contributed by atoms with E-state index in [0.717, 1.165) is 122 Å². The third-order valence-corrected chi connectivity index (χ3v) is 14.3. The first-order chi connectivity index (χ1) is 39.4. The molecule has 460 valence electrons. The molecule has 3 atom stereocenters. The molecule has 0 aromatic rings. The summed E-state index contributed by atoms with van der Waals surface area (Å²) >= 11 is 0. The lowest BCUT2D eigenvalue weighted by atomic mass is 10.0. The lowest BCUT2D eigenvalue weighted by molar-refractivity contribution is -0.870. The Hall–Kier alpha value is -4.11. The minimum atomic E-state index is -4.48. The van der Waals surface area contributed by atoms with E-state index in [-0.39, 0.29) is 25.5 Å². The molecule has 0 bridgehead atoms. The number of allylic oxidation sites excluding steroid dienone is 23. The number of nitrogens with one attached hydrogen (secondary N) is 1. The highest BCUT2D eigenvalue weighted by atomic mass is 31.2. The molecule has 0 aromatic carbocycles. The van der Waals surface area contributed by atoms with Crippen LogP contribution >= 0.6 is 7.82 Å². The number of amides is 1. The van der Waals surface area contributed by atoms with Gasteiger partial charge in [0.15, 0.2) is 0 Å². The maximum absolute atomic E-state index is 13.6. The van der Waals surface area contributed by atoms with Crippen molar-refractivity contribution in [2.24, 2.45) is 0 Å². The second-order valence-corrected chi connectivity index (χ2v) is 23.6. The SMILES string of the molecule is CC/C=C\C/C=C\C/C=C\C/C=C\C/C=C\C/C=C\CCC(=O)OC(/C=C\CCCCCCCCCCC)C(COP(=O)(O)OCC[N+](C)(C)C)NC(=O)CCCCCCCCCCC/C=C\C/C=C\C/C=C\C/C=C\C/C=C\CC. The van der Waals surface area contributed by atoms with E-state index in [4.69, 9.17) is 13.8 Å². The number of carbonyl (C=O) groups excluding carboxylic acids is 2. The molecule has 0 fully saturated rings. The van der Waals surface area contributed by atoms with E-state index in [2.05, 4.69) is 154 Å². The highest BCUT2D eigenvalue weighted by molar-refractivity contribution is 7.47. The van der Waals surface area contributed by atoms with E-state index in [1.807, 2.05) is 39.4 Å². The maximum Gasteiger partial charge on any atom is 0.472 e. The molecule has 0 spiro atoms. The van der Waals surface area contributed by atoms with Crippen LogP contribution in [0, 0.1) is 0 Å². The average molecular weight is 1140 g/mol. The zero-order valence-electron chi connectivity index (χ0n) is 52.5. The average Bonchev–Trinajstić information content (AvgIpc) is 3.44. The topological polar surface area (TPSA) is 111 Å². The number of hydrogen-bond acceptors (Lipinski definition) is 6. The van der Waals surface area contributed by atoms with Crippen LogP contribution in [-0.4, -0.2) is 74.3 Å². The highest BCUT2D eigenvalue weighted by Gasteiger charge is 2.30. The van der Waals surface area contributed by atoms with Crippen molar-refractivity contribution in [3.8, 4) is 0 Å². The maximum atomic E-state index is 13.6. The Kier molecular flexibility index (Phi) is 56.1. The van der Waals surface area contributed by atoms with E-state index in [0.29, 0.717) is 23.9 Å². The van der Waals surface area contributed by atoms with Crippen molar-refractivity contribution in [2.45, 2.75) is 251 Å². The summed E-state index contributed by atoms with van der Waals surface area (Å²) in [4.78, 5) is 37.7. The molecule has 9 nitrogen and oxygen atoms in total. The third-order valence-electron chi connectivity index (χ3n) is 13.3. The van der Waals surface area contributed by atoms with Crippen LogP contribution in [0.4, 0.5) is 0 Å². The quantitative estimate of drug-likeness (QED) is 0.0205. The fraction of sp³-hybridized carbons (Fsp3) is 0.634. The minimum absolute atomic E-state index is 0.0196. The number of phosphoric acid groups is 1. The molecule has 0 radical (unpaired) electrons. The number of esters is 1. The van der Waals surface area contributed by atoms with Crippen LogP contribution in [0.5, 0.6) is 0 Å². The van der Waals surface area contributed by atoms with Crippen LogP contribution in [0.15, 0.2) is 146 Å². The first kappa shape index (κ1) is 76.9. The Balaban J connectivity index is 5.26. The Morgan fingerprint density at radius 2 is 0.802 bits per heavy atom. The van der Waals surface area contributed by atoms with Crippen LogP contribution < -0.4 is 5.32 Å². The summed E-state index contributed by atoms with van der Waals surface area (Å²) < 4.78 is 30.6. The van der Waals surface area contributed by atoms with Gasteiger partial charge < -0.3 is 19.4 Å². The first-order valence-electron chi connectivity index (χ1n) is 32.2. The summed E-state index contributed by atoms with van der Waals surface area (Å²) in [5, 5.41) is 3.03. The molecule has 0 aliphatic rings.